The van der Waals surface area contributed by atoms with Gasteiger partial charge in [0.05, 0.1) is 13.2 Å². The topological polar surface area (TPSA) is 29.5 Å². The van der Waals surface area contributed by atoms with Crippen LogP contribution < -0.4 is 0 Å². The van der Waals surface area contributed by atoms with E-state index in [4.69, 9.17) is 4.74 Å². The molecule has 1 fully saturated rings. The van der Waals surface area contributed by atoms with Crippen molar-refractivity contribution in [2.45, 2.75) is 96.8 Å². The summed E-state index contributed by atoms with van der Waals surface area (Å²) in [5.41, 5.74) is 0. The molecule has 0 aliphatic carbocycles. The maximum absolute atomic E-state index is 12.0. The van der Waals surface area contributed by atoms with Crippen LogP contribution in [0.3, 0.4) is 0 Å². The van der Waals surface area contributed by atoms with Gasteiger partial charge in [0, 0.05) is 19.5 Å². The Morgan fingerprint density at radius 3 is 1.92 bits per heavy atom. The third-order valence-corrected chi connectivity index (χ3v) is 5.02. The standard InChI is InChI=1S/C22H41NO2/c1-2-3-4-5-6-7-8-9-10-11-12-13-14-15-16-17-22(24)23-18-20-25-21-19-23/h9-10H,2-8,11-21H2,1H3. The van der Waals surface area contributed by atoms with Crippen LogP contribution in [0.15, 0.2) is 12.2 Å². The van der Waals surface area contributed by atoms with Crippen molar-refractivity contribution in [2.24, 2.45) is 0 Å². The highest BCUT2D eigenvalue weighted by atomic mass is 16.5. The first-order chi connectivity index (χ1) is 12.3. The van der Waals surface area contributed by atoms with E-state index >= 15 is 0 Å². The van der Waals surface area contributed by atoms with Crippen LogP contribution in [-0.2, 0) is 9.53 Å². The summed E-state index contributed by atoms with van der Waals surface area (Å²) in [6.45, 7) is 5.25. The van der Waals surface area contributed by atoms with Gasteiger partial charge in [0.25, 0.3) is 0 Å². The number of amides is 1. The molecule has 25 heavy (non-hydrogen) atoms. The molecule has 3 heteroatoms. The second-order valence-corrected chi connectivity index (χ2v) is 7.33. The molecule has 1 aliphatic rings. The molecule has 0 N–H and O–H groups in total. The minimum atomic E-state index is 0.320. The van der Waals surface area contributed by atoms with Gasteiger partial charge in [0.2, 0.25) is 5.91 Å². The van der Waals surface area contributed by atoms with E-state index in [1.807, 2.05) is 4.90 Å². The largest absolute Gasteiger partial charge is 0.378 e. The Bertz CT molecular complexity index is 335. The van der Waals surface area contributed by atoms with Crippen LogP contribution in [-0.4, -0.2) is 37.1 Å². The van der Waals surface area contributed by atoms with Gasteiger partial charge in [-0.05, 0) is 32.1 Å². The van der Waals surface area contributed by atoms with Crippen LogP contribution in [0.1, 0.15) is 96.8 Å². The molecular weight excluding hydrogens is 310 g/mol. The number of nitrogens with zero attached hydrogens (tertiary/aromatic N) is 1. The Morgan fingerprint density at radius 2 is 1.32 bits per heavy atom. The molecular formula is C22H41NO2. The Kier molecular flexibility index (Phi) is 14.8. The smallest absolute Gasteiger partial charge is 0.222 e. The highest BCUT2D eigenvalue weighted by molar-refractivity contribution is 5.76. The summed E-state index contributed by atoms with van der Waals surface area (Å²) in [6, 6.07) is 0. The third-order valence-electron chi connectivity index (χ3n) is 5.02. The van der Waals surface area contributed by atoms with Gasteiger partial charge < -0.3 is 9.64 Å². The molecule has 0 aromatic rings. The van der Waals surface area contributed by atoms with Gasteiger partial charge in [-0.1, -0.05) is 70.4 Å². The zero-order valence-corrected chi connectivity index (χ0v) is 16.6. The van der Waals surface area contributed by atoms with E-state index in [9.17, 15) is 4.79 Å². The van der Waals surface area contributed by atoms with E-state index in [0.717, 1.165) is 25.9 Å². The number of unbranched alkanes of at least 4 members (excludes halogenated alkanes) is 11. The first-order valence-electron chi connectivity index (χ1n) is 10.8. The molecule has 0 aromatic heterocycles. The average Bonchev–Trinajstić information content (AvgIpc) is 2.65. The first kappa shape index (κ1) is 22.2. The van der Waals surface area contributed by atoms with E-state index in [-0.39, 0.29) is 0 Å². The van der Waals surface area contributed by atoms with E-state index in [0.29, 0.717) is 19.1 Å². The Morgan fingerprint density at radius 1 is 0.800 bits per heavy atom. The molecule has 0 aromatic carbocycles. The molecule has 3 nitrogen and oxygen atoms in total. The minimum Gasteiger partial charge on any atom is -0.378 e. The van der Waals surface area contributed by atoms with Gasteiger partial charge in [-0.25, -0.2) is 0 Å². The fourth-order valence-electron chi connectivity index (χ4n) is 3.32. The number of hydrogen-bond donors (Lipinski definition) is 0. The molecule has 0 unspecified atom stereocenters. The average molecular weight is 352 g/mol. The van der Waals surface area contributed by atoms with Gasteiger partial charge in [-0.2, -0.15) is 0 Å². The number of morpholine rings is 1. The fraction of sp³-hybridized carbons (Fsp3) is 0.864. The van der Waals surface area contributed by atoms with Crippen molar-refractivity contribution < 1.29 is 9.53 Å². The van der Waals surface area contributed by atoms with E-state index < -0.39 is 0 Å². The highest BCUT2D eigenvalue weighted by Gasteiger charge is 2.15. The molecule has 0 radical (unpaired) electrons. The summed E-state index contributed by atoms with van der Waals surface area (Å²) in [5.74, 6) is 0.320. The molecule has 0 spiro atoms. The zero-order chi connectivity index (χ0) is 18.0. The van der Waals surface area contributed by atoms with Crippen molar-refractivity contribution >= 4 is 5.91 Å². The third kappa shape index (κ3) is 13.1. The van der Waals surface area contributed by atoms with E-state index in [2.05, 4.69) is 19.1 Å². The highest BCUT2D eigenvalue weighted by Crippen LogP contribution is 2.11. The number of ether oxygens (including phenoxy) is 1. The maximum Gasteiger partial charge on any atom is 0.222 e. The molecule has 146 valence electrons. The van der Waals surface area contributed by atoms with Crippen LogP contribution in [0.2, 0.25) is 0 Å². The van der Waals surface area contributed by atoms with Crippen LogP contribution in [0.25, 0.3) is 0 Å². The lowest BCUT2D eigenvalue weighted by Crippen LogP contribution is -2.40. The van der Waals surface area contributed by atoms with Gasteiger partial charge in [0.1, 0.15) is 0 Å². The zero-order valence-electron chi connectivity index (χ0n) is 16.6. The molecule has 0 bridgehead atoms. The number of carbonyl (C=O) groups excluding carboxylic acids is 1. The lowest BCUT2D eigenvalue weighted by molar-refractivity contribution is -0.135. The molecule has 1 heterocycles. The van der Waals surface area contributed by atoms with Gasteiger partial charge in [0.15, 0.2) is 0 Å². The number of hydrogen-bond acceptors (Lipinski definition) is 2. The van der Waals surface area contributed by atoms with Crippen molar-refractivity contribution in [2.75, 3.05) is 26.3 Å². The lowest BCUT2D eigenvalue weighted by atomic mass is 10.1. The van der Waals surface area contributed by atoms with Crippen LogP contribution >= 0.6 is 0 Å². The van der Waals surface area contributed by atoms with E-state index in [1.165, 1.54) is 77.0 Å². The van der Waals surface area contributed by atoms with Crippen molar-refractivity contribution in [3.63, 3.8) is 0 Å². The minimum absolute atomic E-state index is 0.320. The molecule has 1 amide bonds. The van der Waals surface area contributed by atoms with Crippen LogP contribution in [0.4, 0.5) is 0 Å². The van der Waals surface area contributed by atoms with Crippen molar-refractivity contribution in [3.8, 4) is 0 Å². The summed E-state index contributed by atoms with van der Waals surface area (Å²) in [5, 5.41) is 0. The number of allylic oxidation sites excluding steroid dienone is 2. The van der Waals surface area contributed by atoms with Crippen molar-refractivity contribution in [1.29, 1.82) is 0 Å². The predicted molar refractivity (Wildman–Crippen MR) is 107 cm³/mol. The Labute approximate surface area is 156 Å². The van der Waals surface area contributed by atoms with Crippen molar-refractivity contribution in [1.82, 2.24) is 4.90 Å². The quantitative estimate of drug-likeness (QED) is 0.272. The van der Waals surface area contributed by atoms with Crippen molar-refractivity contribution in [3.05, 3.63) is 12.2 Å². The second kappa shape index (κ2) is 16.6. The number of carbonyl (C=O) groups is 1. The molecule has 0 saturated carbocycles. The Hall–Kier alpha value is -0.830. The normalized spacial score (nSPS) is 15.2. The van der Waals surface area contributed by atoms with E-state index in [1.54, 1.807) is 0 Å². The Balaban J connectivity index is 1.79. The summed E-state index contributed by atoms with van der Waals surface area (Å²) in [7, 11) is 0. The van der Waals surface area contributed by atoms with Gasteiger partial charge in [-0.15, -0.1) is 0 Å². The summed E-state index contributed by atoms with van der Waals surface area (Å²) >= 11 is 0. The van der Waals surface area contributed by atoms with Gasteiger partial charge >= 0.3 is 0 Å². The molecule has 1 rings (SSSR count). The maximum atomic E-state index is 12.0. The first-order valence-corrected chi connectivity index (χ1v) is 10.8. The predicted octanol–water partition coefficient (Wildman–Crippen LogP) is 5.88. The van der Waals surface area contributed by atoms with Crippen LogP contribution in [0, 0.1) is 0 Å². The molecule has 1 aliphatic heterocycles. The van der Waals surface area contributed by atoms with Crippen LogP contribution in [0.5, 0.6) is 0 Å². The lowest BCUT2D eigenvalue weighted by Gasteiger charge is -2.26. The number of rotatable bonds is 15. The molecule has 1 saturated heterocycles. The SMILES string of the molecule is CCCCCCCCC=CCCCCCCCC(=O)N1CCOCC1. The van der Waals surface area contributed by atoms with Gasteiger partial charge in [-0.3, -0.25) is 4.79 Å². The monoisotopic (exact) mass is 351 g/mol. The summed E-state index contributed by atoms with van der Waals surface area (Å²) in [4.78, 5) is 13.9. The molecule has 0 atom stereocenters. The second-order valence-electron chi connectivity index (χ2n) is 7.33. The fourth-order valence-corrected chi connectivity index (χ4v) is 3.32. The summed E-state index contributed by atoms with van der Waals surface area (Å²) < 4.78 is 5.28. The summed E-state index contributed by atoms with van der Waals surface area (Å²) in [6.07, 6.45) is 22.4.